The van der Waals surface area contributed by atoms with Crippen molar-refractivity contribution in [2.45, 2.75) is 30.2 Å². The molecule has 0 saturated heterocycles. The standard InChI is InChI=1S/C11H15NO2S/c1-8-3-4-9(15(2,13)14)7-10(8)11(12)5-6-11/h3-4,7H,5-6,12H2,1-2H3. The van der Waals surface area contributed by atoms with Gasteiger partial charge in [0.05, 0.1) is 4.90 Å². The Morgan fingerprint density at radius 1 is 1.33 bits per heavy atom. The highest BCUT2D eigenvalue weighted by molar-refractivity contribution is 7.90. The molecule has 3 nitrogen and oxygen atoms in total. The molecule has 4 heteroatoms. The molecule has 0 aromatic heterocycles. The summed E-state index contributed by atoms with van der Waals surface area (Å²) in [4.78, 5) is 0.361. The second-order valence-electron chi connectivity index (χ2n) is 4.41. The van der Waals surface area contributed by atoms with Crippen LogP contribution in [0.1, 0.15) is 24.0 Å². The topological polar surface area (TPSA) is 60.2 Å². The highest BCUT2D eigenvalue weighted by Gasteiger charge is 2.41. The third-order valence-electron chi connectivity index (χ3n) is 2.96. The van der Waals surface area contributed by atoms with E-state index < -0.39 is 9.84 Å². The lowest BCUT2D eigenvalue weighted by Gasteiger charge is -2.13. The summed E-state index contributed by atoms with van der Waals surface area (Å²) in [7, 11) is -3.13. The number of hydrogen-bond donors (Lipinski definition) is 1. The van der Waals surface area contributed by atoms with Gasteiger partial charge in [0.1, 0.15) is 0 Å². The summed E-state index contributed by atoms with van der Waals surface area (Å²) in [5, 5.41) is 0. The van der Waals surface area contributed by atoms with E-state index in [1.54, 1.807) is 12.1 Å². The lowest BCUT2D eigenvalue weighted by molar-refractivity contribution is 0.601. The van der Waals surface area contributed by atoms with Gasteiger partial charge in [0.25, 0.3) is 0 Å². The van der Waals surface area contributed by atoms with Crippen molar-refractivity contribution in [1.29, 1.82) is 0 Å². The van der Waals surface area contributed by atoms with Gasteiger partial charge in [0.15, 0.2) is 9.84 Å². The van der Waals surface area contributed by atoms with Gasteiger partial charge in [0, 0.05) is 11.8 Å². The Kier molecular flexibility index (Phi) is 2.17. The lowest BCUT2D eigenvalue weighted by Crippen LogP contribution is -2.20. The molecule has 1 aromatic carbocycles. The average Bonchev–Trinajstić information content (AvgIpc) is 2.83. The highest BCUT2D eigenvalue weighted by Crippen LogP contribution is 2.44. The van der Waals surface area contributed by atoms with E-state index in [0.717, 1.165) is 24.0 Å². The molecule has 0 radical (unpaired) electrons. The van der Waals surface area contributed by atoms with Crippen LogP contribution < -0.4 is 5.73 Å². The molecule has 1 saturated carbocycles. The highest BCUT2D eigenvalue weighted by atomic mass is 32.2. The van der Waals surface area contributed by atoms with E-state index in [1.165, 1.54) is 6.26 Å². The van der Waals surface area contributed by atoms with Crippen LogP contribution in [0.4, 0.5) is 0 Å². The average molecular weight is 225 g/mol. The van der Waals surface area contributed by atoms with Crippen LogP contribution in [0.15, 0.2) is 23.1 Å². The minimum absolute atomic E-state index is 0.273. The van der Waals surface area contributed by atoms with Crippen molar-refractivity contribution in [3.8, 4) is 0 Å². The normalized spacial score (nSPS) is 18.9. The van der Waals surface area contributed by atoms with Crippen molar-refractivity contribution in [2.75, 3.05) is 6.26 Å². The fourth-order valence-corrected chi connectivity index (χ4v) is 2.42. The van der Waals surface area contributed by atoms with Gasteiger partial charge in [-0.1, -0.05) is 6.07 Å². The van der Waals surface area contributed by atoms with Gasteiger partial charge in [-0.05, 0) is 43.0 Å². The fourth-order valence-electron chi connectivity index (χ4n) is 1.77. The number of aryl methyl sites for hydroxylation is 1. The minimum atomic E-state index is -3.13. The number of rotatable bonds is 2. The molecule has 2 rings (SSSR count). The van der Waals surface area contributed by atoms with Crippen LogP contribution in [0.2, 0.25) is 0 Å². The first kappa shape index (κ1) is 10.6. The third-order valence-corrected chi connectivity index (χ3v) is 4.07. The maximum atomic E-state index is 11.4. The summed E-state index contributed by atoms with van der Waals surface area (Å²) >= 11 is 0. The zero-order chi connectivity index (χ0) is 11.3. The quantitative estimate of drug-likeness (QED) is 0.826. The predicted octanol–water partition coefficient (Wildman–Crippen LogP) is 1.35. The van der Waals surface area contributed by atoms with Crippen LogP contribution in [0.3, 0.4) is 0 Å². The van der Waals surface area contributed by atoms with Crippen LogP contribution in [-0.2, 0) is 15.4 Å². The number of sulfone groups is 1. The molecule has 1 aliphatic carbocycles. The summed E-state index contributed by atoms with van der Waals surface area (Å²) in [6.07, 6.45) is 3.11. The van der Waals surface area contributed by atoms with E-state index in [4.69, 9.17) is 5.73 Å². The first-order valence-corrected chi connectivity index (χ1v) is 6.82. The number of nitrogens with two attached hydrogens (primary N) is 1. The maximum Gasteiger partial charge on any atom is 0.175 e. The van der Waals surface area contributed by atoms with Crippen LogP contribution in [-0.4, -0.2) is 14.7 Å². The van der Waals surface area contributed by atoms with Gasteiger partial charge in [-0.15, -0.1) is 0 Å². The Morgan fingerprint density at radius 2 is 1.93 bits per heavy atom. The predicted molar refractivity (Wildman–Crippen MR) is 59.4 cm³/mol. The Balaban J connectivity index is 2.56. The molecule has 0 atom stereocenters. The van der Waals surface area contributed by atoms with Gasteiger partial charge in [0.2, 0.25) is 0 Å². The van der Waals surface area contributed by atoms with Crippen molar-refractivity contribution >= 4 is 9.84 Å². The van der Waals surface area contributed by atoms with Crippen molar-refractivity contribution in [2.24, 2.45) is 5.73 Å². The first-order chi connectivity index (χ1) is 6.83. The minimum Gasteiger partial charge on any atom is -0.321 e. The van der Waals surface area contributed by atoms with E-state index >= 15 is 0 Å². The molecule has 1 fully saturated rings. The van der Waals surface area contributed by atoms with Crippen molar-refractivity contribution in [3.63, 3.8) is 0 Å². The van der Waals surface area contributed by atoms with Crippen molar-refractivity contribution < 1.29 is 8.42 Å². The van der Waals surface area contributed by atoms with Crippen LogP contribution in [0.5, 0.6) is 0 Å². The molecule has 82 valence electrons. The summed E-state index contributed by atoms with van der Waals surface area (Å²) in [5.74, 6) is 0. The van der Waals surface area contributed by atoms with Crippen LogP contribution >= 0.6 is 0 Å². The lowest BCUT2D eigenvalue weighted by atomic mass is 10.0. The van der Waals surface area contributed by atoms with E-state index in [9.17, 15) is 8.42 Å². The molecule has 0 amide bonds. The molecule has 0 bridgehead atoms. The molecule has 0 heterocycles. The third kappa shape index (κ3) is 1.92. The van der Waals surface area contributed by atoms with Gasteiger partial charge in [-0.3, -0.25) is 0 Å². The van der Waals surface area contributed by atoms with Crippen LogP contribution in [0, 0.1) is 6.92 Å². The molecular formula is C11H15NO2S. The largest absolute Gasteiger partial charge is 0.321 e. The fraction of sp³-hybridized carbons (Fsp3) is 0.455. The maximum absolute atomic E-state index is 11.4. The van der Waals surface area contributed by atoms with Gasteiger partial charge >= 0.3 is 0 Å². The second-order valence-corrected chi connectivity index (χ2v) is 6.42. The van der Waals surface area contributed by atoms with E-state index in [2.05, 4.69) is 0 Å². The number of benzene rings is 1. The molecule has 1 aliphatic rings. The van der Waals surface area contributed by atoms with Gasteiger partial charge in [-0.2, -0.15) is 0 Å². The zero-order valence-corrected chi connectivity index (χ0v) is 9.76. The SMILES string of the molecule is Cc1ccc(S(C)(=O)=O)cc1C1(N)CC1. The van der Waals surface area contributed by atoms with Crippen molar-refractivity contribution in [3.05, 3.63) is 29.3 Å². The smallest absolute Gasteiger partial charge is 0.175 e. The Morgan fingerprint density at radius 3 is 2.40 bits per heavy atom. The van der Waals surface area contributed by atoms with Gasteiger partial charge in [-0.25, -0.2) is 8.42 Å². The molecular weight excluding hydrogens is 210 g/mol. The molecule has 2 N–H and O–H groups in total. The molecule has 0 aliphatic heterocycles. The summed E-state index contributed by atoms with van der Waals surface area (Å²) in [6, 6.07) is 5.19. The number of hydrogen-bond acceptors (Lipinski definition) is 3. The summed E-state index contributed by atoms with van der Waals surface area (Å²) in [6.45, 7) is 1.97. The Labute approximate surface area is 90.2 Å². The van der Waals surface area contributed by atoms with E-state index in [-0.39, 0.29) is 5.54 Å². The summed E-state index contributed by atoms with van der Waals surface area (Å²) < 4.78 is 22.8. The van der Waals surface area contributed by atoms with E-state index in [0.29, 0.717) is 4.90 Å². The van der Waals surface area contributed by atoms with Gasteiger partial charge < -0.3 is 5.73 Å². The molecule has 15 heavy (non-hydrogen) atoms. The Bertz CT molecular complexity index is 501. The second kappa shape index (κ2) is 3.06. The molecule has 1 aromatic rings. The zero-order valence-electron chi connectivity index (χ0n) is 8.95. The first-order valence-electron chi connectivity index (χ1n) is 4.93. The van der Waals surface area contributed by atoms with Crippen molar-refractivity contribution in [1.82, 2.24) is 0 Å². The summed E-state index contributed by atoms with van der Waals surface area (Å²) in [5.41, 5.74) is 7.86. The Hall–Kier alpha value is -0.870. The van der Waals surface area contributed by atoms with E-state index in [1.807, 2.05) is 13.0 Å². The monoisotopic (exact) mass is 225 g/mol. The molecule has 0 unspecified atom stereocenters. The molecule has 0 spiro atoms. The van der Waals surface area contributed by atoms with Crippen LogP contribution in [0.25, 0.3) is 0 Å².